The van der Waals surface area contributed by atoms with Crippen LogP contribution in [0.15, 0.2) is 0 Å². The Kier molecular flexibility index (Phi) is 2.97. The molecule has 6 nitrogen and oxygen atoms in total. The Balaban J connectivity index is 2.47. The molecule has 1 heterocycles. The van der Waals surface area contributed by atoms with E-state index in [1.807, 2.05) is 0 Å². The first-order chi connectivity index (χ1) is 8.07. The van der Waals surface area contributed by atoms with Crippen LogP contribution in [0.25, 0.3) is 0 Å². The molecule has 94 valence electrons. The van der Waals surface area contributed by atoms with Crippen LogP contribution in [0.3, 0.4) is 0 Å². The van der Waals surface area contributed by atoms with E-state index < -0.39 is 12.0 Å². The summed E-state index contributed by atoms with van der Waals surface area (Å²) in [5.41, 5.74) is 1.37. The van der Waals surface area contributed by atoms with Gasteiger partial charge < -0.3 is 10.2 Å². The lowest BCUT2D eigenvalue weighted by Gasteiger charge is -2.12. The molecule has 0 aliphatic heterocycles. The van der Waals surface area contributed by atoms with E-state index in [2.05, 4.69) is 4.89 Å². The lowest BCUT2D eigenvalue weighted by molar-refractivity contribution is -0.237. The number of aromatic nitrogens is 1. The molecule has 17 heavy (non-hydrogen) atoms. The number of fused-ring (bicyclic) bond motifs is 1. The second-order valence-corrected chi connectivity index (χ2v) is 4.27. The summed E-state index contributed by atoms with van der Waals surface area (Å²) in [5.74, 6) is -1.16. The molecule has 0 aromatic carbocycles. The monoisotopic (exact) mass is 241 g/mol. The third-order valence-corrected chi connectivity index (χ3v) is 3.28. The Bertz CT molecular complexity index is 422. The molecule has 0 saturated heterocycles. The van der Waals surface area contributed by atoms with Crippen molar-refractivity contribution in [3.8, 4) is 11.8 Å². The molecule has 0 radical (unpaired) electrons. The standard InChI is InChI=1S/C11H15NO5/c1-6(11(15)17-16)12-9(13)7-4-2-3-5-8(7)10(12)14/h6,13-14,16H,2-5H2,1H3. The smallest absolute Gasteiger partial charge is 0.364 e. The highest BCUT2D eigenvalue weighted by Gasteiger charge is 2.30. The molecular formula is C11H15NO5. The number of hydrogen-bond donors (Lipinski definition) is 3. The maximum Gasteiger partial charge on any atom is 0.364 e. The van der Waals surface area contributed by atoms with Crippen LogP contribution in [-0.2, 0) is 22.5 Å². The van der Waals surface area contributed by atoms with E-state index in [9.17, 15) is 15.0 Å². The Labute approximate surface area is 98.0 Å². The fourth-order valence-electron chi connectivity index (χ4n) is 2.34. The van der Waals surface area contributed by atoms with Gasteiger partial charge >= 0.3 is 5.97 Å². The number of carbonyl (C=O) groups excluding carboxylic acids is 1. The van der Waals surface area contributed by atoms with Crippen molar-refractivity contribution in [2.24, 2.45) is 0 Å². The number of aromatic hydroxyl groups is 2. The van der Waals surface area contributed by atoms with Crippen molar-refractivity contribution in [1.82, 2.24) is 4.57 Å². The van der Waals surface area contributed by atoms with Crippen LogP contribution >= 0.6 is 0 Å². The van der Waals surface area contributed by atoms with Crippen molar-refractivity contribution < 1.29 is 25.2 Å². The van der Waals surface area contributed by atoms with E-state index in [4.69, 9.17) is 5.26 Å². The van der Waals surface area contributed by atoms with Gasteiger partial charge in [0.2, 0.25) is 0 Å². The third kappa shape index (κ3) is 1.74. The van der Waals surface area contributed by atoms with Gasteiger partial charge in [-0.1, -0.05) is 0 Å². The second-order valence-electron chi connectivity index (χ2n) is 4.27. The first kappa shape index (κ1) is 11.8. The predicted molar refractivity (Wildman–Crippen MR) is 57.8 cm³/mol. The molecule has 0 spiro atoms. The van der Waals surface area contributed by atoms with Crippen LogP contribution in [0.1, 0.15) is 36.9 Å². The topological polar surface area (TPSA) is 91.9 Å². The number of hydrogen-bond acceptors (Lipinski definition) is 5. The maximum absolute atomic E-state index is 11.2. The Morgan fingerprint density at radius 2 is 1.71 bits per heavy atom. The summed E-state index contributed by atoms with van der Waals surface area (Å²) in [6.07, 6.45) is 3.26. The summed E-state index contributed by atoms with van der Waals surface area (Å²) in [7, 11) is 0. The highest BCUT2D eigenvalue weighted by molar-refractivity contribution is 5.74. The van der Waals surface area contributed by atoms with Crippen molar-refractivity contribution in [1.29, 1.82) is 0 Å². The minimum atomic E-state index is -0.967. The molecule has 1 aliphatic rings. The van der Waals surface area contributed by atoms with E-state index in [0.717, 1.165) is 17.4 Å². The van der Waals surface area contributed by atoms with Crippen LogP contribution in [0.5, 0.6) is 11.8 Å². The van der Waals surface area contributed by atoms with E-state index in [0.29, 0.717) is 24.0 Å². The van der Waals surface area contributed by atoms with Crippen LogP contribution in [0.2, 0.25) is 0 Å². The number of nitrogens with zero attached hydrogens (tertiary/aromatic N) is 1. The molecule has 1 atom stereocenters. The highest BCUT2D eigenvalue weighted by atomic mass is 17.1. The van der Waals surface area contributed by atoms with Crippen molar-refractivity contribution in [2.75, 3.05) is 0 Å². The van der Waals surface area contributed by atoms with Crippen LogP contribution in [0.4, 0.5) is 0 Å². The van der Waals surface area contributed by atoms with E-state index in [-0.39, 0.29) is 11.8 Å². The molecule has 1 aromatic heterocycles. The molecule has 6 heteroatoms. The van der Waals surface area contributed by atoms with Gasteiger partial charge in [0.05, 0.1) is 0 Å². The zero-order valence-corrected chi connectivity index (χ0v) is 9.51. The normalized spacial score (nSPS) is 16.4. The van der Waals surface area contributed by atoms with E-state index in [1.54, 1.807) is 0 Å². The first-order valence-corrected chi connectivity index (χ1v) is 5.57. The molecule has 1 aromatic rings. The Morgan fingerprint density at radius 3 is 2.12 bits per heavy atom. The van der Waals surface area contributed by atoms with E-state index >= 15 is 0 Å². The molecule has 0 fully saturated rings. The summed E-state index contributed by atoms with van der Waals surface area (Å²) in [6, 6.07) is -0.967. The van der Waals surface area contributed by atoms with Crippen LogP contribution in [-0.4, -0.2) is 26.0 Å². The summed E-state index contributed by atoms with van der Waals surface area (Å²) < 4.78 is 1.09. The Morgan fingerprint density at radius 1 is 1.24 bits per heavy atom. The van der Waals surface area contributed by atoms with Gasteiger partial charge in [-0.05, 0) is 32.6 Å². The molecule has 2 rings (SSSR count). The molecular weight excluding hydrogens is 226 g/mol. The zero-order chi connectivity index (χ0) is 12.6. The van der Waals surface area contributed by atoms with Gasteiger partial charge in [0.1, 0.15) is 6.04 Å². The van der Waals surface area contributed by atoms with Crippen molar-refractivity contribution in [3.05, 3.63) is 11.1 Å². The van der Waals surface area contributed by atoms with Crippen molar-refractivity contribution >= 4 is 5.97 Å². The second kappa shape index (κ2) is 4.29. The molecule has 0 bridgehead atoms. The summed E-state index contributed by atoms with van der Waals surface area (Å²) in [6.45, 7) is 1.43. The van der Waals surface area contributed by atoms with Crippen LogP contribution in [0, 0.1) is 0 Å². The third-order valence-electron chi connectivity index (χ3n) is 3.28. The fourth-order valence-corrected chi connectivity index (χ4v) is 2.34. The highest BCUT2D eigenvalue weighted by Crippen LogP contribution is 2.40. The average molecular weight is 241 g/mol. The predicted octanol–water partition coefficient (Wildman–Crippen LogP) is 1.36. The van der Waals surface area contributed by atoms with Gasteiger partial charge in [-0.25, -0.2) is 4.79 Å². The minimum absolute atomic E-state index is 0.116. The van der Waals surface area contributed by atoms with Gasteiger partial charge in [-0.3, -0.25) is 9.45 Å². The largest absolute Gasteiger partial charge is 0.494 e. The number of carbonyl (C=O) groups is 1. The molecule has 3 N–H and O–H groups in total. The molecule has 0 amide bonds. The first-order valence-electron chi connectivity index (χ1n) is 5.57. The summed E-state index contributed by atoms with van der Waals surface area (Å²) in [5, 5.41) is 28.3. The van der Waals surface area contributed by atoms with Gasteiger partial charge in [-0.2, -0.15) is 5.26 Å². The zero-order valence-electron chi connectivity index (χ0n) is 9.51. The van der Waals surface area contributed by atoms with Crippen molar-refractivity contribution in [2.45, 2.75) is 38.6 Å². The lowest BCUT2D eigenvalue weighted by Crippen LogP contribution is -2.17. The van der Waals surface area contributed by atoms with Gasteiger partial charge in [0, 0.05) is 11.1 Å². The lowest BCUT2D eigenvalue weighted by atomic mass is 9.95. The Hall–Kier alpha value is -1.69. The summed E-state index contributed by atoms with van der Waals surface area (Å²) >= 11 is 0. The van der Waals surface area contributed by atoms with Gasteiger partial charge in [0.15, 0.2) is 11.8 Å². The molecule has 1 unspecified atom stereocenters. The number of rotatable bonds is 2. The van der Waals surface area contributed by atoms with E-state index in [1.165, 1.54) is 6.92 Å². The van der Waals surface area contributed by atoms with Crippen molar-refractivity contribution in [3.63, 3.8) is 0 Å². The maximum atomic E-state index is 11.2. The average Bonchev–Trinajstić information content (AvgIpc) is 2.61. The molecule has 1 aliphatic carbocycles. The quantitative estimate of drug-likeness (QED) is 0.537. The molecule has 0 saturated carbocycles. The van der Waals surface area contributed by atoms with Crippen LogP contribution < -0.4 is 0 Å². The van der Waals surface area contributed by atoms with Gasteiger partial charge in [0.25, 0.3) is 0 Å². The minimum Gasteiger partial charge on any atom is -0.494 e. The summed E-state index contributed by atoms with van der Waals surface area (Å²) in [4.78, 5) is 14.8. The van der Waals surface area contributed by atoms with Gasteiger partial charge in [-0.15, -0.1) is 0 Å². The fraction of sp³-hybridized carbons (Fsp3) is 0.545. The SMILES string of the molecule is CC(C(=O)OO)n1c(O)c2c(c1O)CCCC2.